The van der Waals surface area contributed by atoms with Gasteiger partial charge in [-0.3, -0.25) is 19.3 Å². The van der Waals surface area contributed by atoms with Gasteiger partial charge >= 0.3 is 0 Å². The number of amides is 1. The molecule has 3 atom stereocenters. The number of carbonyl (C=O) groups excluding carboxylic acids is 3. The maximum atomic E-state index is 14.3. The Balaban J connectivity index is 1.54. The molecule has 0 saturated carbocycles. The quantitative estimate of drug-likeness (QED) is 0.354. The Morgan fingerprint density at radius 3 is 2.33 bits per heavy atom. The summed E-state index contributed by atoms with van der Waals surface area (Å²) in [5.41, 5.74) is -1.65. The van der Waals surface area contributed by atoms with Crippen LogP contribution >= 0.6 is 11.6 Å². The van der Waals surface area contributed by atoms with Crippen LogP contribution in [-0.4, -0.2) is 123 Å². The van der Waals surface area contributed by atoms with Crippen LogP contribution < -0.4 is 18.9 Å². The highest BCUT2D eigenvalue weighted by Gasteiger charge is 2.61. The number of aliphatic hydroxyl groups excluding tert-OH is 1. The fourth-order valence-electron chi connectivity index (χ4n) is 6.97. The van der Waals surface area contributed by atoms with E-state index in [0.717, 1.165) is 32.6 Å². The lowest BCUT2D eigenvalue weighted by molar-refractivity contribution is -0.133. The van der Waals surface area contributed by atoms with E-state index in [2.05, 4.69) is 9.80 Å². The highest BCUT2D eigenvalue weighted by Crippen LogP contribution is 2.56. The number of aliphatic hydroxyl groups is 1. The smallest absolute Gasteiger partial charge is 0.231 e. The maximum Gasteiger partial charge on any atom is 0.231 e. The van der Waals surface area contributed by atoms with Crippen LogP contribution in [0.2, 0.25) is 5.02 Å². The maximum absolute atomic E-state index is 14.3. The van der Waals surface area contributed by atoms with Gasteiger partial charge in [0, 0.05) is 62.5 Å². The highest BCUT2D eigenvalue weighted by atomic mass is 35.5. The summed E-state index contributed by atoms with van der Waals surface area (Å²) in [6.07, 6.45) is 0.695. The molecule has 0 bridgehead atoms. The van der Waals surface area contributed by atoms with E-state index >= 15 is 0 Å². The Morgan fingerprint density at radius 1 is 1.04 bits per heavy atom. The number of benzene rings is 2. The predicted molar refractivity (Wildman–Crippen MR) is 179 cm³/mol. The van der Waals surface area contributed by atoms with Crippen molar-refractivity contribution in [2.75, 3.05) is 74.7 Å². The number of rotatable bonds is 11. The molecule has 13 heteroatoms. The van der Waals surface area contributed by atoms with Crippen molar-refractivity contribution in [3.05, 3.63) is 51.7 Å². The van der Waals surface area contributed by atoms with E-state index in [0.29, 0.717) is 18.7 Å². The molecule has 48 heavy (non-hydrogen) atoms. The fraction of sp³-hybridized carbons (Fsp3) is 0.514. The van der Waals surface area contributed by atoms with Gasteiger partial charge in [-0.2, -0.15) is 0 Å². The van der Waals surface area contributed by atoms with Crippen molar-refractivity contribution in [2.45, 2.75) is 37.7 Å². The van der Waals surface area contributed by atoms with Crippen molar-refractivity contribution < 1.29 is 43.5 Å². The fourth-order valence-corrected chi connectivity index (χ4v) is 7.24. The van der Waals surface area contributed by atoms with Gasteiger partial charge in [0.15, 0.2) is 28.8 Å². The van der Waals surface area contributed by atoms with Crippen molar-refractivity contribution in [3.8, 4) is 28.7 Å². The molecule has 2 N–H and O–H groups in total. The van der Waals surface area contributed by atoms with Crippen molar-refractivity contribution in [1.29, 1.82) is 0 Å². The molecule has 3 unspecified atom stereocenters. The summed E-state index contributed by atoms with van der Waals surface area (Å²) >= 11 is 6.61. The van der Waals surface area contributed by atoms with Crippen molar-refractivity contribution in [3.63, 3.8) is 0 Å². The summed E-state index contributed by atoms with van der Waals surface area (Å²) in [6, 6.07) is 5.98. The number of carbonyl (C=O) groups is 3. The summed E-state index contributed by atoms with van der Waals surface area (Å²) < 4.78 is 22.5. The number of piperazine rings is 1. The summed E-state index contributed by atoms with van der Waals surface area (Å²) in [4.78, 5) is 48.5. The third-order valence-corrected chi connectivity index (χ3v) is 10.0. The zero-order valence-electron chi connectivity index (χ0n) is 28.3. The minimum Gasteiger partial charge on any atom is -0.507 e. The number of phenols is 1. The number of fused-ring (bicyclic) bond motifs is 1. The molecule has 1 spiro atoms. The number of ether oxygens (including phenoxy) is 4. The standard InChI is InChI=1S/C35H44ClN3O9/c1-20-16-24(41)29(33(43)35(20)34(44)30-26(46-5)19-27(47-6)31(36)32(30)48-35)22(21-8-9-23(40)25(17-21)45-4)18-28(42)39-14-12-38(13-15-39)11-7-10-37(2)3/h8-9,17,19-20,22,40,43H,7,10-16,18H2,1-6H3. The Labute approximate surface area is 285 Å². The summed E-state index contributed by atoms with van der Waals surface area (Å²) in [6.45, 7) is 6.03. The Hall–Kier alpha value is -4.00. The number of halogens is 1. The second-order valence-electron chi connectivity index (χ2n) is 12.8. The zero-order valence-corrected chi connectivity index (χ0v) is 29.1. The van der Waals surface area contributed by atoms with Gasteiger partial charge in [0.25, 0.3) is 0 Å². The van der Waals surface area contributed by atoms with Gasteiger partial charge in [-0.1, -0.05) is 24.6 Å². The number of ketones is 2. The first kappa shape index (κ1) is 35.3. The number of Topliss-reactive ketones (excluding diaryl/α,β-unsaturated/α-hetero) is 2. The van der Waals surface area contributed by atoms with Crippen molar-refractivity contribution in [1.82, 2.24) is 14.7 Å². The molecule has 1 aliphatic carbocycles. The first-order chi connectivity index (χ1) is 22.9. The van der Waals surface area contributed by atoms with Gasteiger partial charge in [0.2, 0.25) is 17.3 Å². The molecule has 5 rings (SSSR count). The van der Waals surface area contributed by atoms with Crippen LogP contribution in [-0.2, 0) is 9.59 Å². The minimum atomic E-state index is -2.00. The van der Waals surface area contributed by atoms with Crippen LogP contribution in [0.5, 0.6) is 28.7 Å². The number of hydrogen-bond donors (Lipinski definition) is 2. The summed E-state index contributed by atoms with van der Waals surface area (Å²) in [5.74, 6) is -3.30. The molecule has 0 radical (unpaired) electrons. The molecule has 3 aliphatic rings. The van der Waals surface area contributed by atoms with Crippen LogP contribution in [0.15, 0.2) is 35.6 Å². The molecule has 0 aromatic heterocycles. The van der Waals surface area contributed by atoms with Gasteiger partial charge in [-0.15, -0.1) is 0 Å². The highest BCUT2D eigenvalue weighted by molar-refractivity contribution is 6.35. The molecule has 1 fully saturated rings. The van der Waals surface area contributed by atoms with Crippen molar-refractivity contribution >= 4 is 29.1 Å². The van der Waals surface area contributed by atoms with Gasteiger partial charge in [0.1, 0.15) is 22.1 Å². The molecular weight excluding hydrogens is 642 g/mol. The largest absolute Gasteiger partial charge is 0.507 e. The number of phenolic OH excluding ortho intramolecular Hbond substituents is 1. The number of aromatic hydroxyl groups is 1. The average Bonchev–Trinajstić information content (AvgIpc) is 3.38. The van der Waals surface area contributed by atoms with Gasteiger partial charge in [-0.25, -0.2) is 0 Å². The molecule has 2 aromatic rings. The second kappa shape index (κ2) is 14.2. The van der Waals surface area contributed by atoms with Crippen LogP contribution in [0.25, 0.3) is 0 Å². The third kappa shape index (κ3) is 6.28. The molecule has 1 saturated heterocycles. The van der Waals surface area contributed by atoms with E-state index in [4.69, 9.17) is 30.5 Å². The monoisotopic (exact) mass is 685 g/mol. The zero-order chi connectivity index (χ0) is 34.9. The minimum absolute atomic E-state index is 0.0210. The number of allylic oxidation sites excluding steroid dienone is 1. The molecule has 2 heterocycles. The normalized spacial score (nSPS) is 21.8. The number of hydrogen-bond acceptors (Lipinski definition) is 11. The molecular formula is C35H44ClN3O9. The van der Waals surface area contributed by atoms with Gasteiger partial charge in [0.05, 0.1) is 21.3 Å². The van der Waals surface area contributed by atoms with E-state index in [1.54, 1.807) is 17.9 Å². The van der Waals surface area contributed by atoms with Crippen molar-refractivity contribution in [2.24, 2.45) is 5.92 Å². The van der Waals surface area contributed by atoms with E-state index in [1.807, 2.05) is 14.1 Å². The van der Waals surface area contributed by atoms with Gasteiger partial charge < -0.3 is 39.0 Å². The molecule has 12 nitrogen and oxygen atoms in total. The molecule has 2 aliphatic heterocycles. The first-order valence-electron chi connectivity index (χ1n) is 16.0. The van der Waals surface area contributed by atoms with E-state index in [9.17, 15) is 24.6 Å². The van der Waals surface area contributed by atoms with Crippen LogP contribution in [0, 0.1) is 5.92 Å². The molecule has 260 valence electrons. The Morgan fingerprint density at radius 2 is 1.71 bits per heavy atom. The Kier molecular flexibility index (Phi) is 10.5. The number of nitrogens with zero attached hydrogens (tertiary/aromatic N) is 3. The summed E-state index contributed by atoms with van der Waals surface area (Å²) in [7, 11) is 8.28. The van der Waals surface area contributed by atoms with Crippen LogP contribution in [0.4, 0.5) is 0 Å². The van der Waals surface area contributed by atoms with E-state index in [1.165, 1.54) is 39.5 Å². The summed E-state index contributed by atoms with van der Waals surface area (Å²) in [5, 5.41) is 22.5. The van der Waals surface area contributed by atoms with E-state index in [-0.39, 0.29) is 63.7 Å². The topological polar surface area (TPSA) is 138 Å². The lowest BCUT2D eigenvalue weighted by atomic mass is 9.69. The number of methoxy groups -OCH3 is 3. The van der Waals surface area contributed by atoms with Crippen LogP contribution in [0.3, 0.4) is 0 Å². The molecule has 2 aromatic carbocycles. The van der Waals surface area contributed by atoms with Gasteiger partial charge in [-0.05, 0) is 51.3 Å². The molecule has 1 amide bonds. The second-order valence-corrected chi connectivity index (χ2v) is 13.2. The van der Waals surface area contributed by atoms with Crippen LogP contribution in [0.1, 0.15) is 48.0 Å². The Bertz CT molecular complexity index is 1620. The van der Waals surface area contributed by atoms with E-state index < -0.39 is 34.8 Å². The SMILES string of the molecule is COc1cc(C(CC(=O)N2CCN(CCCN(C)C)CC2)C2=C(O)C3(Oc4c(Cl)c(OC)cc(OC)c4C3=O)C(C)CC2=O)ccc1O. The predicted octanol–water partition coefficient (Wildman–Crippen LogP) is 4.08. The lowest BCUT2D eigenvalue weighted by Crippen LogP contribution is -2.53. The lowest BCUT2D eigenvalue weighted by Gasteiger charge is -2.39. The average molecular weight is 686 g/mol. The first-order valence-corrected chi connectivity index (χ1v) is 16.4. The third-order valence-electron chi connectivity index (χ3n) is 9.65.